The molecule has 1 rings (SSSR count). The lowest BCUT2D eigenvalue weighted by Crippen LogP contribution is -2.23. The monoisotopic (exact) mass is 215 g/mol. The van der Waals surface area contributed by atoms with Crippen LogP contribution in [0, 0.1) is 0 Å². The first kappa shape index (κ1) is 10.6. The van der Waals surface area contributed by atoms with Crippen LogP contribution in [0.4, 0.5) is 0 Å². The van der Waals surface area contributed by atoms with Gasteiger partial charge in [-0.2, -0.15) is 0 Å². The zero-order valence-electron chi connectivity index (χ0n) is 7.64. The first-order chi connectivity index (χ1) is 6.50. The lowest BCUT2D eigenvalue weighted by molar-refractivity contribution is -0.119. The fraction of sp³-hybridized carbons (Fsp3) is 0.429. The molecule has 1 heterocycles. The molecule has 7 heteroatoms. The van der Waals surface area contributed by atoms with E-state index in [1.54, 1.807) is 6.92 Å². The van der Waals surface area contributed by atoms with Crippen LogP contribution in [0.25, 0.3) is 0 Å². The highest BCUT2D eigenvalue weighted by atomic mass is 32.1. The van der Waals surface area contributed by atoms with Crippen LogP contribution >= 0.6 is 11.3 Å². The van der Waals surface area contributed by atoms with E-state index in [-0.39, 0.29) is 17.0 Å². The fourth-order valence-electron chi connectivity index (χ4n) is 0.863. The summed E-state index contributed by atoms with van der Waals surface area (Å²) in [6, 6.07) is -0.307. The molecule has 0 aliphatic heterocycles. The van der Waals surface area contributed by atoms with E-state index in [0.717, 1.165) is 11.3 Å². The van der Waals surface area contributed by atoms with Crippen LogP contribution in [0.2, 0.25) is 0 Å². The first-order valence-corrected chi connectivity index (χ1v) is 4.66. The van der Waals surface area contributed by atoms with Gasteiger partial charge in [0, 0.05) is 6.92 Å². The number of nitrogens with one attached hydrogen (secondary N) is 1. The highest BCUT2D eigenvalue weighted by molar-refractivity contribution is 7.13. The number of carboxylic acid groups (broad SMARTS) is 1. The van der Waals surface area contributed by atoms with Gasteiger partial charge in [-0.1, -0.05) is 11.3 Å². The molecule has 1 atom stereocenters. The number of hydrogen-bond acceptors (Lipinski definition) is 5. The van der Waals surface area contributed by atoms with Gasteiger partial charge < -0.3 is 10.4 Å². The van der Waals surface area contributed by atoms with Crippen molar-refractivity contribution in [3.05, 3.63) is 10.0 Å². The Morgan fingerprint density at radius 2 is 2.14 bits per heavy atom. The number of aromatic nitrogens is 2. The molecule has 0 radical (unpaired) electrons. The van der Waals surface area contributed by atoms with Crippen molar-refractivity contribution >= 4 is 23.2 Å². The average Bonchev–Trinajstić information content (AvgIpc) is 2.50. The normalized spacial score (nSPS) is 12.1. The maximum Gasteiger partial charge on any atom is 0.367 e. The van der Waals surface area contributed by atoms with E-state index < -0.39 is 5.97 Å². The number of nitrogens with zero attached hydrogens (tertiary/aromatic N) is 2. The van der Waals surface area contributed by atoms with E-state index in [2.05, 4.69) is 15.5 Å². The Hall–Kier alpha value is -1.50. The zero-order valence-corrected chi connectivity index (χ0v) is 8.46. The molecule has 1 aromatic rings. The Morgan fingerprint density at radius 1 is 1.50 bits per heavy atom. The predicted molar refractivity (Wildman–Crippen MR) is 49.1 cm³/mol. The quantitative estimate of drug-likeness (QED) is 0.762. The number of carbonyl (C=O) groups excluding carboxylic acids is 1. The Kier molecular flexibility index (Phi) is 3.13. The molecular formula is C7H9N3O3S. The van der Waals surface area contributed by atoms with Crippen molar-refractivity contribution < 1.29 is 14.7 Å². The molecule has 76 valence electrons. The second-order valence-corrected chi connectivity index (χ2v) is 3.68. The molecule has 6 nitrogen and oxygen atoms in total. The van der Waals surface area contributed by atoms with E-state index in [0.29, 0.717) is 5.01 Å². The number of carbonyl (C=O) groups is 2. The Bertz CT molecular complexity index is 363. The molecule has 1 amide bonds. The van der Waals surface area contributed by atoms with Gasteiger partial charge in [0.25, 0.3) is 0 Å². The maximum absolute atomic E-state index is 10.7. The van der Waals surface area contributed by atoms with E-state index in [1.807, 2.05) is 0 Å². The van der Waals surface area contributed by atoms with Crippen LogP contribution in [-0.4, -0.2) is 27.2 Å². The summed E-state index contributed by atoms with van der Waals surface area (Å²) in [5.41, 5.74) is 0. The van der Waals surface area contributed by atoms with Crippen molar-refractivity contribution in [3.63, 3.8) is 0 Å². The van der Waals surface area contributed by atoms with Crippen LogP contribution in [0.5, 0.6) is 0 Å². The lowest BCUT2D eigenvalue weighted by Gasteiger charge is -2.06. The predicted octanol–water partition coefficient (Wildman–Crippen LogP) is 0.433. The molecule has 1 aromatic heterocycles. The van der Waals surface area contributed by atoms with Gasteiger partial charge in [-0.05, 0) is 6.92 Å². The molecule has 2 N–H and O–H groups in total. The molecule has 1 unspecified atom stereocenters. The van der Waals surface area contributed by atoms with Gasteiger partial charge in [-0.3, -0.25) is 4.79 Å². The molecule has 0 saturated heterocycles. The van der Waals surface area contributed by atoms with Gasteiger partial charge in [0.2, 0.25) is 10.9 Å². The van der Waals surface area contributed by atoms with Crippen molar-refractivity contribution in [3.8, 4) is 0 Å². The third-order valence-electron chi connectivity index (χ3n) is 1.41. The summed E-state index contributed by atoms with van der Waals surface area (Å²) >= 11 is 0.955. The van der Waals surface area contributed by atoms with Crippen LogP contribution < -0.4 is 5.32 Å². The number of amides is 1. The number of aromatic carboxylic acids is 1. The Balaban J connectivity index is 2.76. The minimum Gasteiger partial charge on any atom is -0.476 e. The van der Waals surface area contributed by atoms with Crippen LogP contribution in [-0.2, 0) is 4.79 Å². The largest absolute Gasteiger partial charge is 0.476 e. The smallest absolute Gasteiger partial charge is 0.367 e. The molecule has 0 spiro atoms. The van der Waals surface area contributed by atoms with Crippen LogP contribution in [0.3, 0.4) is 0 Å². The maximum atomic E-state index is 10.7. The lowest BCUT2D eigenvalue weighted by atomic mass is 10.3. The van der Waals surface area contributed by atoms with Gasteiger partial charge in [0.1, 0.15) is 5.01 Å². The summed E-state index contributed by atoms with van der Waals surface area (Å²) in [5, 5.41) is 18.7. The van der Waals surface area contributed by atoms with Crippen molar-refractivity contribution in [1.29, 1.82) is 0 Å². The van der Waals surface area contributed by atoms with E-state index in [4.69, 9.17) is 5.11 Å². The van der Waals surface area contributed by atoms with E-state index in [9.17, 15) is 9.59 Å². The number of carboxylic acids is 1. The summed E-state index contributed by atoms with van der Waals surface area (Å²) in [6.45, 7) is 3.10. The van der Waals surface area contributed by atoms with E-state index in [1.165, 1.54) is 6.92 Å². The SMILES string of the molecule is CC(=O)NC(C)c1nnc(C(=O)O)s1. The van der Waals surface area contributed by atoms with Crippen molar-refractivity contribution in [2.75, 3.05) is 0 Å². The van der Waals surface area contributed by atoms with Crippen molar-refractivity contribution in [1.82, 2.24) is 15.5 Å². The molecule has 0 aromatic carbocycles. The highest BCUT2D eigenvalue weighted by Crippen LogP contribution is 2.17. The Morgan fingerprint density at radius 3 is 2.57 bits per heavy atom. The third-order valence-corrected chi connectivity index (χ3v) is 2.51. The highest BCUT2D eigenvalue weighted by Gasteiger charge is 2.15. The number of rotatable bonds is 3. The molecule has 14 heavy (non-hydrogen) atoms. The second kappa shape index (κ2) is 4.14. The topological polar surface area (TPSA) is 92.2 Å². The first-order valence-electron chi connectivity index (χ1n) is 3.84. The average molecular weight is 215 g/mol. The van der Waals surface area contributed by atoms with Crippen LogP contribution in [0.15, 0.2) is 0 Å². The Labute approximate surface area is 84.0 Å². The summed E-state index contributed by atoms with van der Waals surface area (Å²) in [7, 11) is 0. The van der Waals surface area contributed by atoms with Gasteiger partial charge in [0.15, 0.2) is 0 Å². The summed E-state index contributed by atoms with van der Waals surface area (Å²) in [4.78, 5) is 21.2. The molecule has 0 fully saturated rings. The standard InChI is InChI=1S/C7H9N3O3S/c1-3(8-4(2)11)5-9-10-6(14-5)7(12)13/h3H,1-2H3,(H,8,11)(H,12,13). The van der Waals surface area contributed by atoms with Gasteiger partial charge in [-0.15, -0.1) is 10.2 Å². The third kappa shape index (κ3) is 2.49. The molecular weight excluding hydrogens is 206 g/mol. The van der Waals surface area contributed by atoms with Gasteiger partial charge >= 0.3 is 5.97 Å². The summed E-state index contributed by atoms with van der Waals surface area (Å²) < 4.78 is 0. The van der Waals surface area contributed by atoms with Crippen molar-refractivity contribution in [2.24, 2.45) is 0 Å². The van der Waals surface area contributed by atoms with Gasteiger partial charge in [-0.25, -0.2) is 4.79 Å². The van der Waals surface area contributed by atoms with Crippen LogP contribution in [0.1, 0.15) is 34.7 Å². The van der Waals surface area contributed by atoms with Gasteiger partial charge in [0.05, 0.1) is 6.04 Å². The molecule has 0 aliphatic rings. The number of hydrogen-bond donors (Lipinski definition) is 2. The molecule has 0 saturated carbocycles. The summed E-state index contributed by atoms with van der Waals surface area (Å²) in [6.07, 6.45) is 0. The minimum absolute atomic E-state index is 0.0720. The van der Waals surface area contributed by atoms with Crippen molar-refractivity contribution in [2.45, 2.75) is 19.9 Å². The fourth-order valence-corrected chi connectivity index (χ4v) is 1.55. The zero-order chi connectivity index (χ0) is 10.7. The van der Waals surface area contributed by atoms with E-state index >= 15 is 0 Å². The molecule has 0 aliphatic carbocycles. The summed E-state index contributed by atoms with van der Waals surface area (Å²) in [5.74, 6) is -1.30. The minimum atomic E-state index is -1.11. The molecule has 0 bridgehead atoms. The second-order valence-electron chi connectivity index (χ2n) is 2.67.